The number of anilines is 1. The summed E-state index contributed by atoms with van der Waals surface area (Å²) >= 11 is 5.74. The van der Waals surface area contributed by atoms with Crippen molar-refractivity contribution in [2.24, 2.45) is 0 Å². The van der Waals surface area contributed by atoms with Crippen LogP contribution in [0, 0.1) is 0 Å². The van der Waals surface area contributed by atoms with Crippen LogP contribution in [-0.2, 0) is 0 Å². The molecule has 1 rings (SSSR count). The van der Waals surface area contributed by atoms with E-state index >= 15 is 0 Å². The number of carboxylic acids is 1. The largest absolute Gasteiger partial charge is 0.478 e. The Kier molecular flexibility index (Phi) is 4.97. The minimum atomic E-state index is -1.13. The van der Waals surface area contributed by atoms with Crippen molar-refractivity contribution in [3.8, 4) is 0 Å². The van der Waals surface area contributed by atoms with Gasteiger partial charge in [-0.05, 0) is 32.0 Å². The number of aromatic carboxylic acids is 1. The fraction of sp³-hybridized carbons (Fsp3) is 0.333. The van der Waals surface area contributed by atoms with Gasteiger partial charge in [-0.2, -0.15) is 0 Å². The van der Waals surface area contributed by atoms with E-state index in [-0.39, 0.29) is 16.6 Å². The number of hydrogen-bond acceptors (Lipinski definition) is 2. The van der Waals surface area contributed by atoms with E-state index in [9.17, 15) is 9.59 Å². The molecule has 0 aromatic heterocycles. The van der Waals surface area contributed by atoms with Crippen LogP contribution in [0.15, 0.2) is 18.2 Å². The van der Waals surface area contributed by atoms with Crippen LogP contribution in [0.3, 0.4) is 0 Å². The Morgan fingerprint density at radius 1 is 1.33 bits per heavy atom. The third-order valence-electron chi connectivity index (χ3n) is 2.50. The molecule has 98 valence electrons. The maximum Gasteiger partial charge on any atom is 0.337 e. The highest BCUT2D eigenvalue weighted by molar-refractivity contribution is 6.33. The molecule has 0 atom stereocenters. The second kappa shape index (κ2) is 6.26. The second-order valence-electron chi connectivity index (χ2n) is 3.60. The topological polar surface area (TPSA) is 69.6 Å². The van der Waals surface area contributed by atoms with Gasteiger partial charge in [0.1, 0.15) is 0 Å². The lowest BCUT2D eigenvalue weighted by atomic mass is 10.2. The van der Waals surface area contributed by atoms with E-state index in [0.717, 1.165) is 0 Å². The van der Waals surface area contributed by atoms with E-state index in [4.69, 9.17) is 16.7 Å². The average molecular weight is 271 g/mol. The lowest BCUT2D eigenvalue weighted by molar-refractivity contribution is 0.0697. The minimum Gasteiger partial charge on any atom is -0.478 e. The SMILES string of the molecule is CCN(CC)C(=O)Nc1ccc(Cl)c(C(=O)O)c1. The summed E-state index contributed by atoms with van der Waals surface area (Å²) in [6, 6.07) is 4.09. The highest BCUT2D eigenvalue weighted by Crippen LogP contribution is 2.20. The quantitative estimate of drug-likeness (QED) is 0.884. The third kappa shape index (κ3) is 3.37. The summed E-state index contributed by atoms with van der Waals surface area (Å²) in [6.45, 7) is 4.91. The summed E-state index contributed by atoms with van der Waals surface area (Å²) in [5.41, 5.74) is 0.378. The summed E-state index contributed by atoms with van der Waals surface area (Å²) in [5, 5.41) is 11.7. The summed E-state index contributed by atoms with van der Waals surface area (Å²) in [4.78, 5) is 24.3. The number of carboxylic acid groups (broad SMARTS) is 1. The third-order valence-corrected chi connectivity index (χ3v) is 2.83. The molecule has 0 saturated heterocycles. The van der Waals surface area contributed by atoms with Crippen molar-refractivity contribution in [1.82, 2.24) is 4.90 Å². The first kappa shape index (κ1) is 14.3. The van der Waals surface area contributed by atoms with Gasteiger partial charge >= 0.3 is 12.0 Å². The molecular formula is C12H15ClN2O3. The van der Waals surface area contributed by atoms with Crippen molar-refractivity contribution in [2.45, 2.75) is 13.8 Å². The van der Waals surface area contributed by atoms with Gasteiger partial charge in [0.25, 0.3) is 0 Å². The van der Waals surface area contributed by atoms with E-state index in [1.165, 1.54) is 12.1 Å². The van der Waals surface area contributed by atoms with Crippen molar-refractivity contribution in [3.05, 3.63) is 28.8 Å². The Morgan fingerprint density at radius 3 is 2.44 bits per heavy atom. The number of nitrogens with one attached hydrogen (secondary N) is 1. The Morgan fingerprint density at radius 2 is 1.94 bits per heavy atom. The zero-order valence-corrected chi connectivity index (χ0v) is 11.0. The number of nitrogens with zero attached hydrogens (tertiary/aromatic N) is 1. The van der Waals surface area contributed by atoms with Crippen LogP contribution in [0.4, 0.5) is 10.5 Å². The monoisotopic (exact) mass is 270 g/mol. The van der Waals surface area contributed by atoms with Crippen molar-refractivity contribution >= 4 is 29.3 Å². The van der Waals surface area contributed by atoms with E-state index in [0.29, 0.717) is 18.8 Å². The zero-order chi connectivity index (χ0) is 13.7. The van der Waals surface area contributed by atoms with Gasteiger partial charge in [-0.3, -0.25) is 0 Å². The highest BCUT2D eigenvalue weighted by Gasteiger charge is 2.13. The molecule has 0 aliphatic rings. The molecule has 6 heteroatoms. The first-order valence-electron chi connectivity index (χ1n) is 5.58. The number of carbonyl (C=O) groups excluding carboxylic acids is 1. The van der Waals surface area contributed by atoms with E-state index in [1.54, 1.807) is 11.0 Å². The van der Waals surface area contributed by atoms with Crippen LogP contribution in [0.2, 0.25) is 5.02 Å². The first-order chi connectivity index (χ1) is 8.49. The summed E-state index contributed by atoms with van der Waals surface area (Å²) in [6.07, 6.45) is 0. The molecule has 1 aromatic carbocycles. The van der Waals surface area contributed by atoms with Crippen LogP contribution >= 0.6 is 11.6 Å². The zero-order valence-electron chi connectivity index (χ0n) is 10.2. The van der Waals surface area contributed by atoms with Crippen LogP contribution in [0.25, 0.3) is 0 Å². The molecule has 0 radical (unpaired) electrons. The number of urea groups is 1. The van der Waals surface area contributed by atoms with Gasteiger partial charge in [-0.15, -0.1) is 0 Å². The van der Waals surface area contributed by atoms with Crippen molar-refractivity contribution in [2.75, 3.05) is 18.4 Å². The Hall–Kier alpha value is -1.75. The number of carbonyl (C=O) groups is 2. The molecule has 1 aromatic rings. The normalized spacial score (nSPS) is 9.94. The fourth-order valence-electron chi connectivity index (χ4n) is 1.48. The van der Waals surface area contributed by atoms with Gasteiger partial charge < -0.3 is 15.3 Å². The predicted octanol–water partition coefficient (Wildman–Crippen LogP) is 2.91. The number of benzene rings is 1. The molecule has 0 bridgehead atoms. The summed E-state index contributed by atoms with van der Waals surface area (Å²) in [5.74, 6) is -1.13. The van der Waals surface area contributed by atoms with E-state index in [1.807, 2.05) is 13.8 Å². The molecule has 2 N–H and O–H groups in total. The Balaban J connectivity index is 2.89. The molecule has 0 aliphatic carbocycles. The standard InChI is InChI=1S/C12H15ClN2O3/c1-3-15(4-2)12(18)14-8-5-6-10(13)9(7-8)11(16)17/h5-7H,3-4H2,1-2H3,(H,14,18)(H,16,17). The molecule has 2 amide bonds. The summed E-state index contributed by atoms with van der Waals surface area (Å²) < 4.78 is 0. The molecule has 0 unspecified atom stereocenters. The van der Waals surface area contributed by atoms with Gasteiger partial charge in [-0.1, -0.05) is 11.6 Å². The van der Waals surface area contributed by atoms with Crippen LogP contribution in [0.5, 0.6) is 0 Å². The first-order valence-corrected chi connectivity index (χ1v) is 5.96. The molecule has 0 spiro atoms. The Bertz CT molecular complexity index is 459. The van der Waals surface area contributed by atoms with E-state index < -0.39 is 5.97 Å². The van der Waals surface area contributed by atoms with Crippen molar-refractivity contribution in [1.29, 1.82) is 0 Å². The van der Waals surface area contributed by atoms with Crippen molar-refractivity contribution in [3.63, 3.8) is 0 Å². The van der Waals surface area contributed by atoms with Crippen LogP contribution < -0.4 is 5.32 Å². The molecule has 0 saturated carbocycles. The summed E-state index contributed by atoms with van der Waals surface area (Å²) in [7, 11) is 0. The van der Waals surface area contributed by atoms with Gasteiger partial charge in [0.05, 0.1) is 10.6 Å². The van der Waals surface area contributed by atoms with Gasteiger partial charge in [-0.25, -0.2) is 9.59 Å². The van der Waals surface area contributed by atoms with Crippen molar-refractivity contribution < 1.29 is 14.7 Å². The highest BCUT2D eigenvalue weighted by atomic mass is 35.5. The van der Waals surface area contributed by atoms with E-state index in [2.05, 4.69) is 5.32 Å². The number of rotatable bonds is 4. The maximum atomic E-state index is 11.8. The van der Waals surface area contributed by atoms with Crippen LogP contribution in [0.1, 0.15) is 24.2 Å². The smallest absolute Gasteiger partial charge is 0.337 e. The van der Waals surface area contributed by atoms with Crippen LogP contribution in [-0.4, -0.2) is 35.1 Å². The van der Waals surface area contributed by atoms with Gasteiger partial charge in [0, 0.05) is 18.8 Å². The number of halogens is 1. The molecule has 0 heterocycles. The molecular weight excluding hydrogens is 256 g/mol. The molecule has 5 nitrogen and oxygen atoms in total. The van der Waals surface area contributed by atoms with Gasteiger partial charge in [0.2, 0.25) is 0 Å². The average Bonchev–Trinajstić information content (AvgIpc) is 2.32. The molecule has 0 fully saturated rings. The lowest BCUT2D eigenvalue weighted by Crippen LogP contribution is -2.34. The molecule has 0 aliphatic heterocycles. The lowest BCUT2D eigenvalue weighted by Gasteiger charge is -2.19. The minimum absolute atomic E-state index is 0.0333. The molecule has 18 heavy (non-hydrogen) atoms. The maximum absolute atomic E-state index is 11.8. The Labute approximate surface area is 110 Å². The number of hydrogen-bond donors (Lipinski definition) is 2. The predicted molar refractivity (Wildman–Crippen MR) is 70.4 cm³/mol. The van der Waals surface area contributed by atoms with Gasteiger partial charge in [0.15, 0.2) is 0 Å². The number of amides is 2. The fourth-order valence-corrected chi connectivity index (χ4v) is 1.68. The second-order valence-corrected chi connectivity index (χ2v) is 4.01.